The van der Waals surface area contributed by atoms with Gasteiger partial charge in [0, 0.05) is 32.8 Å². The molecular weight excluding hydrogens is 288 g/mol. The molecule has 0 bridgehead atoms. The summed E-state index contributed by atoms with van der Waals surface area (Å²) in [5, 5.41) is 0. The zero-order valence-electron chi connectivity index (χ0n) is 13.5. The molecule has 2 aliphatic heterocycles. The maximum atomic E-state index is 11.6. The van der Waals surface area contributed by atoms with Crippen molar-refractivity contribution in [1.82, 2.24) is 9.21 Å². The highest BCUT2D eigenvalue weighted by Crippen LogP contribution is 2.21. The smallest absolute Gasteiger partial charge is 0.211 e. The van der Waals surface area contributed by atoms with Gasteiger partial charge in [-0.2, -0.15) is 0 Å². The summed E-state index contributed by atoms with van der Waals surface area (Å²) in [6.07, 6.45) is 7.44. The molecule has 5 nitrogen and oxygen atoms in total. The van der Waals surface area contributed by atoms with Gasteiger partial charge in [0.05, 0.1) is 12.4 Å². The van der Waals surface area contributed by atoms with Crippen LogP contribution in [0.1, 0.15) is 39.0 Å². The number of ether oxygens (including phenoxy) is 1. The van der Waals surface area contributed by atoms with Crippen molar-refractivity contribution in [3.63, 3.8) is 0 Å². The summed E-state index contributed by atoms with van der Waals surface area (Å²) in [4.78, 5) is 2.48. The van der Waals surface area contributed by atoms with Crippen LogP contribution >= 0.6 is 0 Å². The third-order valence-electron chi connectivity index (χ3n) is 4.51. The first-order valence-corrected chi connectivity index (χ1v) is 10.1. The van der Waals surface area contributed by atoms with E-state index in [0.717, 1.165) is 39.1 Å². The highest BCUT2D eigenvalue weighted by atomic mass is 32.2. The van der Waals surface area contributed by atoms with E-state index in [1.54, 1.807) is 4.31 Å². The Morgan fingerprint density at radius 3 is 2.62 bits per heavy atom. The van der Waals surface area contributed by atoms with Gasteiger partial charge >= 0.3 is 0 Å². The van der Waals surface area contributed by atoms with E-state index in [1.165, 1.54) is 25.5 Å². The number of hydrogen-bond donors (Lipinski definition) is 0. The lowest BCUT2D eigenvalue weighted by molar-refractivity contribution is -0.00783. The van der Waals surface area contributed by atoms with Gasteiger partial charge in [0.25, 0.3) is 0 Å². The molecule has 2 heterocycles. The Balaban J connectivity index is 1.82. The molecular formula is C15H30N2O3S. The Hall–Kier alpha value is -0.170. The lowest BCUT2D eigenvalue weighted by Gasteiger charge is -2.31. The molecule has 2 aliphatic rings. The fourth-order valence-electron chi connectivity index (χ4n) is 3.43. The first-order chi connectivity index (χ1) is 9.99. The van der Waals surface area contributed by atoms with Crippen molar-refractivity contribution in [2.75, 3.05) is 45.6 Å². The third-order valence-corrected chi connectivity index (χ3v) is 5.78. The second-order valence-electron chi connectivity index (χ2n) is 6.52. The highest BCUT2D eigenvalue weighted by molar-refractivity contribution is 7.88. The fourth-order valence-corrected chi connectivity index (χ4v) is 4.34. The molecule has 0 aliphatic carbocycles. The largest absolute Gasteiger partial charge is 0.377 e. The summed E-state index contributed by atoms with van der Waals surface area (Å²) in [6, 6.07) is 0. The zero-order chi connectivity index (χ0) is 15.3. The van der Waals surface area contributed by atoms with Crippen LogP contribution in [0.5, 0.6) is 0 Å². The molecule has 0 saturated carbocycles. The second kappa shape index (κ2) is 7.90. The van der Waals surface area contributed by atoms with Gasteiger partial charge in [0.15, 0.2) is 0 Å². The van der Waals surface area contributed by atoms with E-state index in [1.807, 2.05) is 0 Å². The predicted molar refractivity (Wildman–Crippen MR) is 84.8 cm³/mol. The first kappa shape index (κ1) is 17.2. The summed E-state index contributed by atoms with van der Waals surface area (Å²) < 4.78 is 30.7. The molecule has 0 aromatic rings. The molecule has 0 aromatic heterocycles. The van der Waals surface area contributed by atoms with Gasteiger partial charge < -0.3 is 9.64 Å². The Kier molecular flexibility index (Phi) is 6.47. The zero-order valence-corrected chi connectivity index (χ0v) is 14.3. The standard InChI is InChI=1S/C15H30N2O3S/c1-3-8-16(13-15-6-4-5-10-20-15)11-14-7-9-17(12-14)21(2,18)19/h14-15H,3-13H2,1-2H3. The lowest BCUT2D eigenvalue weighted by Crippen LogP contribution is -2.39. The van der Waals surface area contributed by atoms with E-state index in [9.17, 15) is 8.42 Å². The van der Waals surface area contributed by atoms with Crippen molar-refractivity contribution in [2.24, 2.45) is 5.92 Å². The normalized spacial score (nSPS) is 28.3. The van der Waals surface area contributed by atoms with Crippen LogP contribution in [0.3, 0.4) is 0 Å². The first-order valence-electron chi connectivity index (χ1n) is 8.28. The van der Waals surface area contributed by atoms with Crippen LogP contribution in [0, 0.1) is 5.92 Å². The highest BCUT2D eigenvalue weighted by Gasteiger charge is 2.30. The topological polar surface area (TPSA) is 49.9 Å². The third kappa shape index (κ3) is 5.51. The summed E-state index contributed by atoms with van der Waals surface area (Å²) in [5.74, 6) is 0.467. The number of sulfonamides is 1. The molecule has 2 rings (SSSR count). The number of hydrogen-bond acceptors (Lipinski definition) is 4. The van der Waals surface area contributed by atoms with Gasteiger partial charge in [-0.1, -0.05) is 6.92 Å². The minimum absolute atomic E-state index is 0.373. The Bertz CT molecular complexity index is 407. The number of rotatable bonds is 7. The molecule has 0 amide bonds. The van der Waals surface area contributed by atoms with E-state index in [2.05, 4.69) is 11.8 Å². The van der Waals surface area contributed by atoms with Crippen LogP contribution in [0.4, 0.5) is 0 Å². The number of nitrogens with zero attached hydrogens (tertiary/aromatic N) is 2. The van der Waals surface area contributed by atoms with Crippen LogP contribution < -0.4 is 0 Å². The maximum Gasteiger partial charge on any atom is 0.211 e. The molecule has 2 fully saturated rings. The monoisotopic (exact) mass is 318 g/mol. The molecule has 2 saturated heterocycles. The van der Waals surface area contributed by atoms with Gasteiger partial charge in [0.1, 0.15) is 0 Å². The van der Waals surface area contributed by atoms with Crippen molar-refractivity contribution >= 4 is 10.0 Å². The van der Waals surface area contributed by atoms with E-state index >= 15 is 0 Å². The van der Waals surface area contributed by atoms with Crippen molar-refractivity contribution in [1.29, 1.82) is 0 Å². The quantitative estimate of drug-likeness (QED) is 0.715. The van der Waals surface area contributed by atoms with Crippen LogP contribution in [0.2, 0.25) is 0 Å². The summed E-state index contributed by atoms with van der Waals surface area (Å²) >= 11 is 0. The lowest BCUT2D eigenvalue weighted by atomic mass is 10.1. The summed E-state index contributed by atoms with van der Waals surface area (Å²) in [7, 11) is -3.02. The van der Waals surface area contributed by atoms with Crippen LogP contribution in [-0.2, 0) is 14.8 Å². The van der Waals surface area contributed by atoms with Crippen molar-refractivity contribution in [2.45, 2.75) is 45.1 Å². The van der Waals surface area contributed by atoms with Gasteiger partial charge in [0.2, 0.25) is 10.0 Å². The predicted octanol–water partition coefficient (Wildman–Crippen LogP) is 1.55. The Labute approximate surface area is 129 Å². The maximum absolute atomic E-state index is 11.6. The van der Waals surface area contributed by atoms with Crippen molar-refractivity contribution in [3.05, 3.63) is 0 Å². The van der Waals surface area contributed by atoms with E-state index in [4.69, 9.17) is 4.74 Å². The van der Waals surface area contributed by atoms with E-state index in [0.29, 0.717) is 25.1 Å². The SMILES string of the molecule is CCCN(CC1CCN(S(C)(=O)=O)C1)CC1CCCCO1. The molecule has 0 radical (unpaired) electrons. The molecule has 0 spiro atoms. The summed E-state index contributed by atoms with van der Waals surface area (Å²) in [5.41, 5.74) is 0. The van der Waals surface area contributed by atoms with Gasteiger partial charge in [-0.05, 0) is 44.6 Å². The van der Waals surface area contributed by atoms with E-state index < -0.39 is 10.0 Å². The molecule has 6 heteroatoms. The second-order valence-corrected chi connectivity index (χ2v) is 8.51. The van der Waals surface area contributed by atoms with Crippen molar-refractivity contribution in [3.8, 4) is 0 Å². The van der Waals surface area contributed by atoms with Gasteiger partial charge in [-0.15, -0.1) is 0 Å². The Morgan fingerprint density at radius 2 is 2.05 bits per heavy atom. The molecule has 124 valence electrons. The molecule has 2 unspecified atom stereocenters. The molecule has 0 N–H and O–H groups in total. The molecule has 2 atom stereocenters. The fraction of sp³-hybridized carbons (Fsp3) is 1.00. The van der Waals surface area contributed by atoms with Crippen LogP contribution in [0.25, 0.3) is 0 Å². The Morgan fingerprint density at radius 1 is 1.24 bits per heavy atom. The van der Waals surface area contributed by atoms with Crippen molar-refractivity contribution < 1.29 is 13.2 Å². The van der Waals surface area contributed by atoms with Crippen LogP contribution in [-0.4, -0.2) is 69.3 Å². The molecule has 21 heavy (non-hydrogen) atoms. The summed E-state index contributed by atoms with van der Waals surface area (Å²) in [6.45, 7) is 7.55. The van der Waals surface area contributed by atoms with Gasteiger partial charge in [-0.3, -0.25) is 0 Å². The molecule has 0 aromatic carbocycles. The van der Waals surface area contributed by atoms with Crippen LogP contribution in [0.15, 0.2) is 0 Å². The van der Waals surface area contributed by atoms with Gasteiger partial charge in [-0.25, -0.2) is 12.7 Å². The average molecular weight is 318 g/mol. The average Bonchev–Trinajstić information content (AvgIpc) is 2.89. The van der Waals surface area contributed by atoms with E-state index in [-0.39, 0.29) is 0 Å². The minimum atomic E-state index is -3.02. The minimum Gasteiger partial charge on any atom is -0.377 e.